The second kappa shape index (κ2) is 11.5. The fourth-order valence-corrected chi connectivity index (χ4v) is 3.37. The lowest BCUT2D eigenvalue weighted by Crippen LogP contribution is -2.45. The monoisotopic (exact) mass is 510 g/mol. The number of nitro benzene ring substituents is 1. The minimum absolute atomic E-state index is 0.0957. The van der Waals surface area contributed by atoms with Gasteiger partial charge in [-0.1, -0.05) is 12.1 Å². The number of carbonyl (C=O) groups excluding carboxylic acids is 2. The van der Waals surface area contributed by atoms with E-state index in [9.17, 15) is 19.7 Å². The summed E-state index contributed by atoms with van der Waals surface area (Å²) in [4.78, 5) is 36.2. The highest BCUT2D eigenvalue weighted by Crippen LogP contribution is 2.34. The molecule has 37 heavy (non-hydrogen) atoms. The molecule has 0 saturated heterocycles. The number of nitrogens with two attached hydrogens (primary N) is 1. The Morgan fingerprint density at radius 3 is 2.24 bits per heavy atom. The van der Waals surface area contributed by atoms with Gasteiger partial charge >= 0.3 is 0 Å². The predicted molar refractivity (Wildman–Crippen MR) is 132 cm³/mol. The molecule has 3 aromatic rings. The predicted octanol–water partition coefficient (Wildman–Crippen LogP) is 2.65. The van der Waals surface area contributed by atoms with Gasteiger partial charge < -0.3 is 20.5 Å². The highest BCUT2D eigenvalue weighted by atomic mass is 19.1. The Hall–Kier alpha value is -5.20. The first-order chi connectivity index (χ1) is 17.7. The lowest BCUT2D eigenvalue weighted by Gasteiger charge is -2.22. The number of methoxy groups -OCH3 is 2. The van der Waals surface area contributed by atoms with Crippen LogP contribution in [0, 0.1) is 21.3 Å². The van der Waals surface area contributed by atoms with Gasteiger partial charge in [-0.2, -0.15) is 0 Å². The van der Waals surface area contributed by atoms with Crippen molar-refractivity contribution in [3.05, 3.63) is 93.3 Å². The molecule has 0 aliphatic carbocycles. The fraction of sp³-hybridized carbons (Fsp3) is 0.125. The van der Waals surface area contributed by atoms with E-state index in [0.717, 1.165) is 12.1 Å². The van der Waals surface area contributed by atoms with Crippen LogP contribution in [0.2, 0.25) is 0 Å². The SMILES string of the molecule is COc1cc(F)c(C(Nc2ccc(C(=N)N)cc2)C(=O)NNC(=O)c2ccccc2[N+](=O)[O-])cc1OC. The van der Waals surface area contributed by atoms with E-state index in [2.05, 4.69) is 16.2 Å². The number of hydrazine groups is 1. The number of anilines is 1. The zero-order valence-electron chi connectivity index (χ0n) is 19.7. The van der Waals surface area contributed by atoms with Crippen molar-refractivity contribution in [1.29, 1.82) is 5.41 Å². The van der Waals surface area contributed by atoms with Crippen molar-refractivity contribution in [2.24, 2.45) is 5.73 Å². The summed E-state index contributed by atoms with van der Waals surface area (Å²) < 4.78 is 25.4. The van der Waals surface area contributed by atoms with Crippen LogP contribution in [-0.4, -0.2) is 36.8 Å². The van der Waals surface area contributed by atoms with Crippen molar-refractivity contribution in [1.82, 2.24) is 10.9 Å². The van der Waals surface area contributed by atoms with Crippen molar-refractivity contribution in [3.63, 3.8) is 0 Å². The van der Waals surface area contributed by atoms with E-state index in [-0.39, 0.29) is 28.5 Å². The normalized spacial score (nSPS) is 11.1. The zero-order chi connectivity index (χ0) is 27.1. The second-order valence-electron chi connectivity index (χ2n) is 7.51. The van der Waals surface area contributed by atoms with Gasteiger partial charge in [-0.05, 0) is 36.4 Å². The van der Waals surface area contributed by atoms with Crippen molar-refractivity contribution in [3.8, 4) is 11.5 Å². The smallest absolute Gasteiger partial charge is 0.282 e. The summed E-state index contributed by atoms with van der Waals surface area (Å²) in [5, 5.41) is 21.6. The Balaban J connectivity index is 1.92. The van der Waals surface area contributed by atoms with Crippen LogP contribution in [0.5, 0.6) is 11.5 Å². The molecule has 6 N–H and O–H groups in total. The van der Waals surface area contributed by atoms with Crippen LogP contribution in [0.4, 0.5) is 15.8 Å². The lowest BCUT2D eigenvalue weighted by atomic mass is 10.0. The van der Waals surface area contributed by atoms with Crippen molar-refractivity contribution in [2.75, 3.05) is 19.5 Å². The Bertz CT molecular complexity index is 1350. The number of carbonyl (C=O) groups is 2. The van der Waals surface area contributed by atoms with Crippen LogP contribution in [0.25, 0.3) is 0 Å². The van der Waals surface area contributed by atoms with Crippen LogP contribution in [0.3, 0.4) is 0 Å². The number of nitro groups is 1. The van der Waals surface area contributed by atoms with Gasteiger partial charge in [0.1, 0.15) is 23.3 Å². The van der Waals surface area contributed by atoms with Gasteiger partial charge in [-0.3, -0.25) is 36.0 Å². The van der Waals surface area contributed by atoms with Crippen molar-refractivity contribution >= 4 is 29.0 Å². The van der Waals surface area contributed by atoms with Gasteiger partial charge in [0.15, 0.2) is 11.5 Å². The Labute approximate surface area is 210 Å². The maximum atomic E-state index is 15.1. The van der Waals surface area contributed by atoms with Gasteiger partial charge in [0.25, 0.3) is 17.5 Å². The maximum absolute atomic E-state index is 15.1. The minimum atomic E-state index is -1.41. The number of para-hydroxylation sites is 1. The van der Waals surface area contributed by atoms with E-state index in [1.807, 2.05) is 0 Å². The van der Waals surface area contributed by atoms with E-state index in [1.54, 1.807) is 0 Å². The zero-order valence-corrected chi connectivity index (χ0v) is 19.7. The number of nitrogens with zero attached hydrogens (tertiary/aromatic N) is 1. The molecule has 0 aromatic heterocycles. The number of amidine groups is 1. The van der Waals surface area contributed by atoms with Gasteiger partial charge in [0, 0.05) is 28.9 Å². The van der Waals surface area contributed by atoms with E-state index in [0.29, 0.717) is 11.3 Å². The van der Waals surface area contributed by atoms with Crippen LogP contribution in [0.15, 0.2) is 60.7 Å². The molecule has 3 rings (SSSR count). The molecule has 192 valence electrons. The number of rotatable bonds is 9. The third kappa shape index (κ3) is 6.08. The molecule has 0 aliphatic heterocycles. The number of ether oxygens (including phenoxy) is 2. The molecular formula is C24H23FN6O6. The van der Waals surface area contributed by atoms with E-state index in [4.69, 9.17) is 20.6 Å². The maximum Gasteiger partial charge on any atom is 0.282 e. The Morgan fingerprint density at radius 2 is 1.65 bits per heavy atom. The van der Waals surface area contributed by atoms with Gasteiger partial charge in [-0.25, -0.2) is 4.39 Å². The molecule has 3 aromatic carbocycles. The minimum Gasteiger partial charge on any atom is -0.493 e. The molecule has 2 amide bonds. The van der Waals surface area contributed by atoms with Gasteiger partial charge in [0.2, 0.25) is 0 Å². The summed E-state index contributed by atoms with van der Waals surface area (Å²) in [5.41, 5.74) is 9.67. The van der Waals surface area contributed by atoms with Crippen LogP contribution in [-0.2, 0) is 4.79 Å². The first-order valence-electron chi connectivity index (χ1n) is 10.6. The lowest BCUT2D eigenvalue weighted by molar-refractivity contribution is -0.385. The van der Waals surface area contributed by atoms with E-state index in [1.165, 1.54) is 62.8 Å². The molecule has 13 heteroatoms. The third-order valence-corrected chi connectivity index (χ3v) is 5.23. The topological polar surface area (TPSA) is 182 Å². The summed E-state index contributed by atoms with van der Waals surface area (Å²) in [6.45, 7) is 0. The average molecular weight is 510 g/mol. The van der Waals surface area contributed by atoms with E-state index < -0.39 is 34.3 Å². The summed E-state index contributed by atoms with van der Waals surface area (Å²) in [5.74, 6) is -2.57. The number of amides is 2. The molecule has 0 saturated carbocycles. The summed E-state index contributed by atoms with van der Waals surface area (Å²) in [6.07, 6.45) is 0. The molecular weight excluding hydrogens is 487 g/mol. The molecule has 12 nitrogen and oxygen atoms in total. The average Bonchev–Trinajstić information content (AvgIpc) is 2.90. The first kappa shape index (κ1) is 26.4. The Kier molecular flexibility index (Phi) is 8.20. The number of hydrogen-bond acceptors (Lipinski definition) is 8. The molecule has 1 unspecified atom stereocenters. The number of hydrogen-bond donors (Lipinski definition) is 5. The molecule has 0 radical (unpaired) electrons. The summed E-state index contributed by atoms with van der Waals surface area (Å²) in [7, 11) is 2.67. The van der Waals surface area contributed by atoms with Crippen LogP contribution < -0.4 is 31.4 Å². The van der Waals surface area contributed by atoms with Gasteiger partial charge in [-0.15, -0.1) is 0 Å². The number of benzene rings is 3. The number of halogens is 1. The second-order valence-corrected chi connectivity index (χ2v) is 7.51. The highest BCUT2D eigenvalue weighted by molar-refractivity contribution is 5.99. The number of nitrogens with one attached hydrogen (secondary N) is 4. The first-order valence-corrected chi connectivity index (χ1v) is 10.6. The number of nitrogen functional groups attached to an aromatic ring is 1. The van der Waals surface area contributed by atoms with Crippen molar-refractivity contribution < 1.29 is 28.4 Å². The molecule has 0 aliphatic rings. The summed E-state index contributed by atoms with van der Waals surface area (Å²) >= 11 is 0. The fourth-order valence-electron chi connectivity index (χ4n) is 3.37. The van der Waals surface area contributed by atoms with Gasteiger partial charge in [0.05, 0.1) is 19.1 Å². The quantitative estimate of drug-likeness (QED) is 0.126. The van der Waals surface area contributed by atoms with E-state index >= 15 is 4.39 Å². The standard InChI is InChI=1S/C24H23FN6O6/c1-36-19-11-16(17(25)12-20(19)37-2)21(28-14-9-7-13(8-10-14)22(26)27)24(33)30-29-23(32)15-5-3-4-6-18(15)31(34)35/h3-12,21,28H,1-2H3,(H3,26,27)(H,29,32)(H,30,33). The molecule has 0 spiro atoms. The highest BCUT2D eigenvalue weighted by Gasteiger charge is 2.27. The molecule has 0 bridgehead atoms. The Morgan fingerprint density at radius 1 is 1.03 bits per heavy atom. The van der Waals surface area contributed by atoms with Crippen LogP contribution in [0.1, 0.15) is 27.5 Å². The van der Waals surface area contributed by atoms with Crippen molar-refractivity contribution in [2.45, 2.75) is 6.04 Å². The largest absolute Gasteiger partial charge is 0.493 e. The molecule has 1 atom stereocenters. The van der Waals surface area contributed by atoms with Crippen LogP contribution >= 0.6 is 0 Å². The summed E-state index contributed by atoms with van der Waals surface area (Å²) in [6, 6.07) is 12.2. The molecule has 0 heterocycles. The molecule has 0 fully saturated rings. The third-order valence-electron chi connectivity index (χ3n) is 5.23.